The van der Waals surface area contributed by atoms with Crippen molar-refractivity contribution in [3.8, 4) is 5.75 Å². The fourth-order valence-corrected chi connectivity index (χ4v) is 2.94. The standard InChI is InChI=1S/C15H24N2O2/c1-11-13(8-9-19-11)17(2)14(10-16)12-6-4-5-7-15(12)18-3/h4-7,11,13-14H,8-10,16H2,1-3H3. The molecule has 0 bridgehead atoms. The Morgan fingerprint density at radius 3 is 2.79 bits per heavy atom. The van der Waals surface area contributed by atoms with Crippen LogP contribution in [0.3, 0.4) is 0 Å². The highest BCUT2D eigenvalue weighted by atomic mass is 16.5. The number of methoxy groups -OCH3 is 1. The zero-order valence-corrected chi connectivity index (χ0v) is 12.0. The Morgan fingerprint density at radius 2 is 2.21 bits per heavy atom. The minimum atomic E-state index is 0.158. The van der Waals surface area contributed by atoms with E-state index >= 15 is 0 Å². The lowest BCUT2D eigenvalue weighted by molar-refractivity contribution is 0.0681. The van der Waals surface area contributed by atoms with Crippen molar-refractivity contribution in [2.45, 2.75) is 31.5 Å². The van der Waals surface area contributed by atoms with Crippen LogP contribution in [0.15, 0.2) is 24.3 Å². The normalized spacial score (nSPS) is 24.7. The van der Waals surface area contributed by atoms with E-state index in [9.17, 15) is 0 Å². The largest absolute Gasteiger partial charge is 0.496 e. The molecule has 0 amide bonds. The van der Waals surface area contributed by atoms with Crippen LogP contribution in [0, 0.1) is 0 Å². The average molecular weight is 264 g/mol. The summed E-state index contributed by atoms with van der Waals surface area (Å²) in [5.41, 5.74) is 7.15. The molecular weight excluding hydrogens is 240 g/mol. The molecule has 0 aliphatic carbocycles. The molecule has 4 heteroatoms. The average Bonchev–Trinajstić information content (AvgIpc) is 2.86. The maximum absolute atomic E-state index is 6.00. The predicted octanol–water partition coefficient (Wildman–Crippen LogP) is 1.80. The summed E-state index contributed by atoms with van der Waals surface area (Å²) >= 11 is 0. The molecule has 0 saturated carbocycles. The zero-order valence-electron chi connectivity index (χ0n) is 12.0. The summed E-state index contributed by atoms with van der Waals surface area (Å²) in [6.45, 7) is 3.53. The summed E-state index contributed by atoms with van der Waals surface area (Å²) < 4.78 is 11.1. The first-order chi connectivity index (χ1) is 9.19. The molecule has 2 rings (SSSR count). The van der Waals surface area contributed by atoms with E-state index in [1.54, 1.807) is 7.11 Å². The zero-order chi connectivity index (χ0) is 13.8. The first-order valence-electron chi connectivity index (χ1n) is 6.85. The second-order valence-corrected chi connectivity index (χ2v) is 5.09. The van der Waals surface area contributed by atoms with Crippen LogP contribution >= 0.6 is 0 Å². The van der Waals surface area contributed by atoms with E-state index in [4.69, 9.17) is 15.2 Å². The van der Waals surface area contributed by atoms with Crippen molar-refractivity contribution >= 4 is 0 Å². The molecule has 0 spiro atoms. The van der Waals surface area contributed by atoms with Gasteiger partial charge in [0.1, 0.15) is 5.75 Å². The van der Waals surface area contributed by atoms with E-state index in [-0.39, 0.29) is 12.1 Å². The van der Waals surface area contributed by atoms with Gasteiger partial charge >= 0.3 is 0 Å². The van der Waals surface area contributed by atoms with Gasteiger partial charge in [0.25, 0.3) is 0 Å². The first-order valence-corrected chi connectivity index (χ1v) is 6.85. The third-order valence-electron chi connectivity index (χ3n) is 4.07. The molecule has 0 aromatic heterocycles. The fraction of sp³-hybridized carbons (Fsp3) is 0.600. The molecule has 1 aromatic carbocycles. The van der Waals surface area contributed by atoms with Gasteiger partial charge in [-0.25, -0.2) is 0 Å². The molecule has 1 aliphatic heterocycles. The predicted molar refractivity (Wildman–Crippen MR) is 76.4 cm³/mol. The summed E-state index contributed by atoms with van der Waals surface area (Å²) in [4.78, 5) is 2.33. The molecule has 106 valence electrons. The highest BCUT2D eigenvalue weighted by Gasteiger charge is 2.32. The molecule has 3 atom stereocenters. The third kappa shape index (κ3) is 2.91. The number of benzene rings is 1. The van der Waals surface area contributed by atoms with Gasteiger partial charge in [0.05, 0.1) is 19.3 Å². The number of hydrogen-bond donors (Lipinski definition) is 1. The number of para-hydroxylation sites is 1. The Labute approximate surface area is 115 Å². The molecule has 2 N–H and O–H groups in total. The van der Waals surface area contributed by atoms with Crippen molar-refractivity contribution in [2.24, 2.45) is 5.73 Å². The molecule has 3 unspecified atom stereocenters. The number of nitrogens with two attached hydrogens (primary N) is 1. The van der Waals surface area contributed by atoms with Crippen molar-refractivity contribution < 1.29 is 9.47 Å². The van der Waals surface area contributed by atoms with Crippen molar-refractivity contribution in [1.82, 2.24) is 4.90 Å². The van der Waals surface area contributed by atoms with Gasteiger partial charge in [-0.15, -0.1) is 0 Å². The lowest BCUT2D eigenvalue weighted by Crippen LogP contribution is -2.42. The van der Waals surface area contributed by atoms with Gasteiger partial charge in [-0.2, -0.15) is 0 Å². The maximum atomic E-state index is 6.00. The van der Waals surface area contributed by atoms with Crippen LogP contribution in [-0.2, 0) is 4.74 Å². The van der Waals surface area contributed by atoms with E-state index < -0.39 is 0 Å². The van der Waals surface area contributed by atoms with Gasteiger partial charge in [-0.1, -0.05) is 18.2 Å². The maximum Gasteiger partial charge on any atom is 0.123 e. The number of nitrogens with zero attached hydrogens (tertiary/aromatic N) is 1. The number of ether oxygens (including phenoxy) is 2. The van der Waals surface area contributed by atoms with Crippen LogP contribution in [0.4, 0.5) is 0 Å². The van der Waals surface area contributed by atoms with Gasteiger partial charge in [0, 0.05) is 24.8 Å². The van der Waals surface area contributed by atoms with E-state index in [0.29, 0.717) is 12.6 Å². The van der Waals surface area contributed by atoms with Crippen LogP contribution in [0.2, 0.25) is 0 Å². The van der Waals surface area contributed by atoms with Gasteiger partial charge < -0.3 is 15.2 Å². The Morgan fingerprint density at radius 1 is 1.47 bits per heavy atom. The number of hydrogen-bond acceptors (Lipinski definition) is 4. The van der Waals surface area contributed by atoms with E-state index in [1.807, 2.05) is 18.2 Å². The Kier molecular flexibility index (Phi) is 4.80. The molecule has 19 heavy (non-hydrogen) atoms. The summed E-state index contributed by atoms with van der Waals surface area (Å²) in [5.74, 6) is 0.899. The lowest BCUT2D eigenvalue weighted by atomic mass is 10.0. The molecule has 0 radical (unpaired) electrons. The highest BCUT2D eigenvalue weighted by Crippen LogP contribution is 2.31. The van der Waals surface area contributed by atoms with Crippen LogP contribution in [0.1, 0.15) is 24.9 Å². The smallest absolute Gasteiger partial charge is 0.123 e. The molecule has 4 nitrogen and oxygen atoms in total. The number of likely N-dealkylation sites (N-methyl/N-ethyl adjacent to an activating group) is 1. The number of rotatable bonds is 5. The molecule has 1 aromatic rings. The second kappa shape index (κ2) is 6.37. The van der Waals surface area contributed by atoms with Gasteiger partial charge in [-0.3, -0.25) is 4.90 Å². The van der Waals surface area contributed by atoms with Crippen molar-refractivity contribution in [2.75, 3.05) is 27.3 Å². The molecule has 1 aliphatic rings. The Balaban J connectivity index is 2.23. The van der Waals surface area contributed by atoms with Crippen LogP contribution < -0.4 is 10.5 Å². The van der Waals surface area contributed by atoms with E-state index in [2.05, 4.69) is 24.9 Å². The Bertz CT molecular complexity index is 411. The van der Waals surface area contributed by atoms with Crippen LogP contribution in [0.25, 0.3) is 0 Å². The van der Waals surface area contributed by atoms with Gasteiger partial charge in [-0.05, 0) is 26.5 Å². The third-order valence-corrected chi connectivity index (χ3v) is 4.07. The highest BCUT2D eigenvalue weighted by molar-refractivity contribution is 5.36. The van der Waals surface area contributed by atoms with Gasteiger partial charge in [0.15, 0.2) is 0 Å². The van der Waals surface area contributed by atoms with Crippen molar-refractivity contribution in [3.05, 3.63) is 29.8 Å². The van der Waals surface area contributed by atoms with Crippen LogP contribution in [-0.4, -0.2) is 44.4 Å². The molecule has 1 fully saturated rings. The topological polar surface area (TPSA) is 47.7 Å². The van der Waals surface area contributed by atoms with Crippen LogP contribution in [0.5, 0.6) is 5.75 Å². The monoisotopic (exact) mass is 264 g/mol. The minimum Gasteiger partial charge on any atom is -0.496 e. The Hall–Kier alpha value is -1.10. The van der Waals surface area contributed by atoms with Crippen molar-refractivity contribution in [1.29, 1.82) is 0 Å². The summed E-state index contributed by atoms with van der Waals surface area (Å²) in [6, 6.07) is 8.66. The van der Waals surface area contributed by atoms with E-state index in [1.165, 1.54) is 0 Å². The second-order valence-electron chi connectivity index (χ2n) is 5.09. The first kappa shape index (κ1) is 14.3. The summed E-state index contributed by atoms with van der Waals surface area (Å²) in [5, 5.41) is 0. The molecular formula is C15H24N2O2. The summed E-state index contributed by atoms with van der Waals surface area (Å²) in [6.07, 6.45) is 1.32. The minimum absolute atomic E-state index is 0.158. The SMILES string of the molecule is COc1ccccc1C(CN)N(C)C1CCOC1C. The van der Waals surface area contributed by atoms with Gasteiger partial charge in [0.2, 0.25) is 0 Å². The quantitative estimate of drug-likeness (QED) is 0.881. The lowest BCUT2D eigenvalue weighted by Gasteiger charge is -2.34. The van der Waals surface area contributed by atoms with Crippen molar-refractivity contribution in [3.63, 3.8) is 0 Å². The summed E-state index contributed by atoms with van der Waals surface area (Å²) in [7, 11) is 3.83. The fourth-order valence-electron chi connectivity index (χ4n) is 2.94. The molecule has 1 heterocycles. The van der Waals surface area contributed by atoms with E-state index in [0.717, 1.165) is 24.3 Å². The molecule has 1 saturated heterocycles.